The largest absolute Gasteiger partial charge is 0.479 e. The average molecular weight is 349 g/mol. The van der Waals surface area contributed by atoms with Crippen LogP contribution in [-0.4, -0.2) is 10.1 Å². The zero-order valence-electron chi connectivity index (χ0n) is 12.6. The van der Waals surface area contributed by atoms with Crippen molar-refractivity contribution < 1.29 is 9.26 Å². The monoisotopic (exact) mass is 348 g/mol. The quantitative estimate of drug-likeness (QED) is 0.625. The van der Waals surface area contributed by atoms with Crippen LogP contribution in [0.25, 0.3) is 11.4 Å². The van der Waals surface area contributed by atoms with Crippen molar-refractivity contribution in [2.45, 2.75) is 20.0 Å². The molecule has 3 rings (SSSR count). The van der Waals surface area contributed by atoms with Crippen LogP contribution in [-0.2, 0) is 0 Å². The molecule has 118 valence electrons. The van der Waals surface area contributed by atoms with Crippen LogP contribution in [0.1, 0.15) is 24.5 Å². The van der Waals surface area contributed by atoms with E-state index in [0.29, 0.717) is 27.5 Å². The van der Waals surface area contributed by atoms with Crippen molar-refractivity contribution in [3.63, 3.8) is 0 Å². The molecule has 0 bridgehead atoms. The number of hydrogen-bond donors (Lipinski definition) is 0. The van der Waals surface area contributed by atoms with E-state index in [0.717, 1.165) is 11.1 Å². The second-order valence-corrected chi connectivity index (χ2v) is 6.00. The first-order valence-corrected chi connectivity index (χ1v) is 7.81. The molecule has 0 unspecified atom stereocenters. The molecule has 0 saturated heterocycles. The molecule has 0 aliphatic heterocycles. The Labute approximate surface area is 144 Å². The van der Waals surface area contributed by atoms with Crippen molar-refractivity contribution >= 4 is 23.2 Å². The van der Waals surface area contributed by atoms with Crippen molar-refractivity contribution in [1.29, 1.82) is 0 Å². The lowest BCUT2D eigenvalue weighted by Crippen LogP contribution is -2.03. The number of hydrogen-bond acceptors (Lipinski definition) is 4. The van der Waals surface area contributed by atoms with Gasteiger partial charge in [0, 0.05) is 10.6 Å². The van der Waals surface area contributed by atoms with Gasteiger partial charge in [0.25, 0.3) is 5.89 Å². The smallest absolute Gasteiger partial charge is 0.267 e. The van der Waals surface area contributed by atoms with Crippen molar-refractivity contribution in [2.75, 3.05) is 0 Å². The van der Waals surface area contributed by atoms with Gasteiger partial charge in [-0.3, -0.25) is 0 Å². The zero-order chi connectivity index (χ0) is 16.4. The van der Waals surface area contributed by atoms with Crippen LogP contribution in [0.15, 0.2) is 47.0 Å². The normalized spacial score (nSPS) is 12.2. The van der Waals surface area contributed by atoms with Crippen LogP contribution in [0.4, 0.5) is 0 Å². The number of aryl methyl sites for hydroxylation is 1. The van der Waals surface area contributed by atoms with E-state index in [4.69, 9.17) is 32.5 Å². The molecule has 6 heteroatoms. The second kappa shape index (κ2) is 6.60. The van der Waals surface area contributed by atoms with Gasteiger partial charge in [-0.05, 0) is 38.1 Å². The van der Waals surface area contributed by atoms with E-state index in [1.165, 1.54) is 0 Å². The SMILES string of the molecule is Cc1cccc(-c2noc([C@H](C)Oc3ccc(Cl)cc3Cl)n2)c1. The van der Waals surface area contributed by atoms with Crippen molar-refractivity contribution in [1.82, 2.24) is 10.1 Å². The molecule has 0 amide bonds. The highest BCUT2D eigenvalue weighted by atomic mass is 35.5. The Hall–Kier alpha value is -2.04. The Kier molecular flexibility index (Phi) is 4.55. The summed E-state index contributed by atoms with van der Waals surface area (Å²) in [5, 5.41) is 4.99. The highest BCUT2D eigenvalue weighted by molar-refractivity contribution is 6.35. The Morgan fingerprint density at radius 2 is 1.96 bits per heavy atom. The summed E-state index contributed by atoms with van der Waals surface area (Å²) in [5.41, 5.74) is 2.03. The summed E-state index contributed by atoms with van der Waals surface area (Å²) in [6, 6.07) is 12.9. The molecule has 1 atom stereocenters. The first-order valence-electron chi connectivity index (χ1n) is 7.05. The van der Waals surface area contributed by atoms with E-state index in [2.05, 4.69) is 10.1 Å². The molecule has 3 aromatic rings. The van der Waals surface area contributed by atoms with Gasteiger partial charge in [-0.25, -0.2) is 0 Å². The third-order valence-electron chi connectivity index (χ3n) is 3.26. The molecule has 0 fully saturated rings. The predicted octanol–water partition coefficient (Wildman–Crippen LogP) is 5.49. The fourth-order valence-corrected chi connectivity index (χ4v) is 2.57. The summed E-state index contributed by atoms with van der Waals surface area (Å²) >= 11 is 12.0. The molecule has 0 aliphatic rings. The van der Waals surface area contributed by atoms with Crippen molar-refractivity contribution in [2.24, 2.45) is 0 Å². The molecule has 0 radical (unpaired) electrons. The number of aromatic nitrogens is 2. The number of nitrogens with zero attached hydrogens (tertiary/aromatic N) is 2. The first-order chi connectivity index (χ1) is 11.0. The summed E-state index contributed by atoms with van der Waals surface area (Å²) in [7, 11) is 0. The number of halogens is 2. The molecule has 23 heavy (non-hydrogen) atoms. The molecule has 1 aromatic heterocycles. The second-order valence-electron chi connectivity index (χ2n) is 5.16. The molecule has 0 N–H and O–H groups in total. The van der Waals surface area contributed by atoms with Gasteiger partial charge < -0.3 is 9.26 Å². The first kappa shape index (κ1) is 15.8. The number of rotatable bonds is 4. The zero-order valence-corrected chi connectivity index (χ0v) is 14.1. The Morgan fingerprint density at radius 3 is 2.70 bits per heavy atom. The highest BCUT2D eigenvalue weighted by Gasteiger charge is 2.18. The van der Waals surface area contributed by atoms with Crippen LogP contribution in [0, 0.1) is 6.92 Å². The molecule has 0 spiro atoms. The predicted molar refractivity (Wildman–Crippen MR) is 90.0 cm³/mol. The van der Waals surface area contributed by atoms with Crippen molar-refractivity contribution in [3.8, 4) is 17.1 Å². The van der Waals surface area contributed by atoms with Crippen LogP contribution in [0.2, 0.25) is 10.0 Å². The summed E-state index contributed by atoms with van der Waals surface area (Å²) in [5.74, 6) is 1.42. The minimum atomic E-state index is -0.431. The van der Waals surface area contributed by atoms with Crippen LogP contribution in [0.3, 0.4) is 0 Å². The third kappa shape index (κ3) is 3.66. The minimum absolute atomic E-state index is 0.382. The standard InChI is InChI=1S/C17H14Cl2N2O2/c1-10-4-3-5-12(8-10)16-20-17(23-21-16)11(2)22-15-7-6-13(18)9-14(15)19/h3-9,11H,1-2H3/t11-/m0/s1. The van der Waals surface area contributed by atoms with Gasteiger partial charge >= 0.3 is 0 Å². The van der Waals surface area contributed by atoms with E-state index in [9.17, 15) is 0 Å². The van der Waals surface area contributed by atoms with Gasteiger partial charge in [-0.15, -0.1) is 0 Å². The lowest BCUT2D eigenvalue weighted by molar-refractivity contribution is 0.176. The average Bonchev–Trinajstić information content (AvgIpc) is 3.00. The number of benzene rings is 2. The van der Waals surface area contributed by atoms with E-state index in [1.54, 1.807) is 18.2 Å². The molecule has 2 aromatic carbocycles. The van der Waals surface area contributed by atoms with Gasteiger partial charge in [0.2, 0.25) is 5.82 Å². The Bertz CT molecular complexity index is 833. The molecule has 0 saturated carbocycles. The maximum atomic E-state index is 6.10. The topological polar surface area (TPSA) is 48.2 Å². The number of ether oxygens (including phenoxy) is 1. The molecule has 4 nitrogen and oxygen atoms in total. The maximum absolute atomic E-state index is 6.10. The van der Waals surface area contributed by atoms with E-state index >= 15 is 0 Å². The lowest BCUT2D eigenvalue weighted by Gasteiger charge is -2.12. The molecule has 0 aliphatic carbocycles. The maximum Gasteiger partial charge on any atom is 0.267 e. The molecule has 1 heterocycles. The van der Waals surface area contributed by atoms with E-state index in [-0.39, 0.29) is 0 Å². The Morgan fingerprint density at radius 1 is 1.13 bits per heavy atom. The summed E-state index contributed by atoms with van der Waals surface area (Å²) in [6.45, 7) is 3.83. The molecular formula is C17H14Cl2N2O2. The van der Waals surface area contributed by atoms with Crippen LogP contribution < -0.4 is 4.74 Å². The van der Waals surface area contributed by atoms with Gasteiger partial charge in [0.05, 0.1) is 5.02 Å². The van der Waals surface area contributed by atoms with Gasteiger partial charge in [0.1, 0.15) is 5.75 Å². The lowest BCUT2D eigenvalue weighted by atomic mass is 10.1. The molecular weight excluding hydrogens is 335 g/mol. The summed E-state index contributed by atoms with van der Waals surface area (Å²) in [4.78, 5) is 4.39. The fraction of sp³-hybridized carbons (Fsp3) is 0.176. The summed E-state index contributed by atoms with van der Waals surface area (Å²) in [6.07, 6.45) is -0.431. The Balaban J connectivity index is 1.79. The summed E-state index contributed by atoms with van der Waals surface area (Å²) < 4.78 is 11.1. The van der Waals surface area contributed by atoms with E-state index < -0.39 is 6.10 Å². The van der Waals surface area contributed by atoms with Gasteiger partial charge in [0.15, 0.2) is 6.10 Å². The van der Waals surface area contributed by atoms with Gasteiger partial charge in [-0.2, -0.15) is 4.98 Å². The van der Waals surface area contributed by atoms with Crippen LogP contribution >= 0.6 is 23.2 Å². The van der Waals surface area contributed by atoms with Crippen molar-refractivity contribution in [3.05, 3.63) is 64.0 Å². The van der Waals surface area contributed by atoms with E-state index in [1.807, 2.05) is 38.1 Å². The minimum Gasteiger partial charge on any atom is -0.479 e. The highest BCUT2D eigenvalue weighted by Crippen LogP contribution is 2.31. The van der Waals surface area contributed by atoms with Crippen LogP contribution in [0.5, 0.6) is 5.75 Å². The fourth-order valence-electron chi connectivity index (χ4n) is 2.11. The van der Waals surface area contributed by atoms with Gasteiger partial charge in [-0.1, -0.05) is 52.1 Å². The third-order valence-corrected chi connectivity index (χ3v) is 3.79.